The number of aryl methyl sites for hydroxylation is 1. The third-order valence-electron chi connectivity index (χ3n) is 4.76. The van der Waals surface area contributed by atoms with Crippen molar-refractivity contribution in [2.45, 2.75) is 13.5 Å². The molecule has 1 aliphatic heterocycles. The zero-order valence-corrected chi connectivity index (χ0v) is 16.0. The lowest BCUT2D eigenvalue weighted by molar-refractivity contribution is 0.102. The molecule has 0 atom stereocenters. The van der Waals surface area contributed by atoms with Gasteiger partial charge in [-0.3, -0.25) is 4.79 Å². The Balaban J connectivity index is 1.52. The number of carbonyl (C=O) groups is 1. The summed E-state index contributed by atoms with van der Waals surface area (Å²) in [5.41, 5.74) is 4.27. The average molecular weight is 382 g/mol. The molecule has 7 heteroatoms. The van der Waals surface area contributed by atoms with Crippen LogP contribution in [0.25, 0.3) is 10.2 Å². The topological polar surface area (TPSA) is 77.5 Å². The summed E-state index contributed by atoms with van der Waals surface area (Å²) < 4.78 is 0.994. The second-order valence-electron chi connectivity index (χ2n) is 6.64. The largest absolute Gasteiger partial charge is 0.389 e. The molecule has 6 nitrogen and oxygen atoms in total. The van der Waals surface area contributed by atoms with Gasteiger partial charge in [-0.15, -0.1) is 11.3 Å². The van der Waals surface area contributed by atoms with E-state index in [0.717, 1.165) is 47.6 Å². The lowest BCUT2D eigenvalue weighted by atomic mass is 10.1. The van der Waals surface area contributed by atoms with Crippen molar-refractivity contribution in [3.05, 3.63) is 52.5 Å². The van der Waals surface area contributed by atoms with E-state index >= 15 is 0 Å². The second kappa shape index (κ2) is 7.64. The van der Waals surface area contributed by atoms with Gasteiger partial charge in [0.25, 0.3) is 5.91 Å². The maximum Gasteiger partial charge on any atom is 0.255 e. The van der Waals surface area contributed by atoms with Gasteiger partial charge in [0.15, 0.2) is 0 Å². The number of hydrogen-bond acceptors (Lipinski definition) is 6. The van der Waals surface area contributed by atoms with Crippen molar-refractivity contribution in [2.24, 2.45) is 0 Å². The molecule has 0 saturated carbocycles. The number of hydrogen-bond donors (Lipinski definition) is 3. The minimum atomic E-state index is -0.128. The molecule has 1 aliphatic rings. The van der Waals surface area contributed by atoms with E-state index in [4.69, 9.17) is 0 Å². The fourth-order valence-corrected chi connectivity index (χ4v) is 4.15. The Kier molecular flexibility index (Phi) is 5.07. The molecule has 4 rings (SSSR count). The van der Waals surface area contributed by atoms with Crippen LogP contribution in [0.2, 0.25) is 0 Å². The highest BCUT2D eigenvalue weighted by Crippen LogP contribution is 2.26. The standard InChI is InChI=1S/C20H22N4O2S/c1-13-10-15(24-8-6-21-7-9-24)3-4-16(13)20(26)22-14-2-5-18-17(11-14)23-19(12-25)27-18/h2-5,10-11,21,25H,6-9,12H2,1H3,(H,22,26). The molecule has 0 radical (unpaired) electrons. The predicted octanol–water partition coefficient (Wildman–Crippen LogP) is 2.76. The Morgan fingerprint density at radius 3 is 2.81 bits per heavy atom. The summed E-state index contributed by atoms with van der Waals surface area (Å²) in [7, 11) is 0. The van der Waals surface area contributed by atoms with Crippen LogP contribution >= 0.6 is 11.3 Å². The number of benzene rings is 2. The number of fused-ring (bicyclic) bond motifs is 1. The molecule has 3 aromatic rings. The van der Waals surface area contributed by atoms with E-state index in [9.17, 15) is 9.90 Å². The van der Waals surface area contributed by atoms with Gasteiger partial charge in [-0.2, -0.15) is 0 Å². The number of aliphatic hydroxyl groups is 1. The maximum atomic E-state index is 12.7. The van der Waals surface area contributed by atoms with E-state index in [1.54, 1.807) is 0 Å². The van der Waals surface area contributed by atoms with Gasteiger partial charge in [0.1, 0.15) is 5.01 Å². The fourth-order valence-electron chi connectivity index (χ4n) is 3.34. The number of amides is 1. The molecule has 1 aromatic heterocycles. The lowest BCUT2D eigenvalue weighted by Gasteiger charge is -2.29. The number of nitrogens with one attached hydrogen (secondary N) is 2. The van der Waals surface area contributed by atoms with Crippen LogP contribution < -0.4 is 15.5 Å². The van der Waals surface area contributed by atoms with Crippen LogP contribution in [-0.2, 0) is 6.61 Å². The number of aliphatic hydroxyl groups excluding tert-OH is 1. The first-order valence-electron chi connectivity index (χ1n) is 9.02. The van der Waals surface area contributed by atoms with Crippen molar-refractivity contribution in [3.8, 4) is 0 Å². The van der Waals surface area contributed by atoms with Gasteiger partial charge in [-0.1, -0.05) is 0 Å². The first-order valence-corrected chi connectivity index (χ1v) is 9.84. The molecule has 0 aliphatic carbocycles. The summed E-state index contributed by atoms with van der Waals surface area (Å²) >= 11 is 1.46. The van der Waals surface area contributed by atoms with Gasteiger partial charge in [0.2, 0.25) is 0 Å². The predicted molar refractivity (Wildman–Crippen MR) is 110 cm³/mol. The van der Waals surface area contributed by atoms with E-state index in [1.807, 2.05) is 37.3 Å². The number of thiazole rings is 1. The minimum absolute atomic E-state index is 0.0698. The van der Waals surface area contributed by atoms with Crippen LogP contribution in [0.5, 0.6) is 0 Å². The van der Waals surface area contributed by atoms with Gasteiger partial charge in [-0.25, -0.2) is 4.98 Å². The van der Waals surface area contributed by atoms with Gasteiger partial charge in [0, 0.05) is 43.1 Å². The number of aromatic nitrogens is 1. The molecule has 2 heterocycles. The number of nitrogens with zero attached hydrogens (tertiary/aromatic N) is 2. The quantitative estimate of drug-likeness (QED) is 0.647. The number of carbonyl (C=O) groups excluding carboxylic acids is 1. The molecule has 0 bridgehead atoms. The molecule has 1 saturated heterocycles. The molecule has 140 valence electrons. The first-order chi connectivity index (χ1) is 13.1. The van der Waals surface area contributed by atoms with E-state index in [-0.39, 0.29) is 12.5 Å². The zero-order chi connectivity index (χ0) is 18.8. The van der Waals surface area contributed by atoms with E-state index in [0.29, 0.717) is 16.3 Å². The molecule has 0 unspecified atom stereocenters. The van der Waals surface area contributed by atoms with Gasteiger partial charge < -0.3 is 20.6 Å². The van der Waals surface area contributed by atoms with Crippen LogP contribution in [0.1, 0.15) is 20.9 Å². The van der Waals surface area contributed by atoms with Gasteiger partial charge >= 0.3 is 0 Å². The average Bonchev–Trinajstić information content (AvgIpc) is 3.11. The van der Waals surface area contributed by atoms with Crippen LogP contribution in [0, 0.1) is 6.92 Å². The van der Waals surface area contributed by atoms with Gasteiger partial charge in [0.05, 0.1) is 16.8 Å². The molecular formula is C20H22N4O2S. The summed E-state index contributed by atoms with van der Waals surface area (Å²) in [5.74, 6) is -0.128. The molecule has 1 amide bonds. The number of anilines is 2. The smallest absolute Gasteiger partial charge is 0.255 e. The molecule has 1 fully saturated rings. The van der Waals surface area contributed by atoms with E-state index < -0.39 is 0 Å². The summed E-state index contributed by atoms with van der Waals surface area (Å²) in [6.07, 6.45) is 0. The Morgan fingerprint density at radius 1 is 1.26 bits per heavy atom. The Labute approximate surface area is 161 Å². The summed E-state index contributed by atoms with van der Waals surface area (Å²) in [6.45, 7) is 5.83. The molecule has 0 spiro atoms. The fraction of sp³-hybridized carbons (Fsp3) is 0.300. The van der Waals surface area contributed by atoms with Crippen molar-refractivity contribution < 1.29 is 9.90 Å². The van der Waals surface area contributed by atoms with Crippen LogP contribution in [0.3, 0.4) is 0 Å². The zero-order valence-electron chi connectivity index (χ0n) is 15.2. The van der Waals surface area contributed by atoms with Crippen molar-refractivity contribution in [1.82, 2.24) is 10.3 Å². The molecule has 2 aromatic carbocycles. The van der Waals surface area contributed by atoms with Crippen LogP contribution in [0.15, 0.2) is 36.4 Å². The van der Waals surface area contributed by atoms with Crippen molar-refractivity contribution >= 4 is 38.8 Å². The third kappa shape index (κ3) is 3.80. The highest BCUT2D eigenvalue weighted by Gasteiger charge is 2.15. The second-order valence-corrected chi connectivity index (χ2v) is 7.75. The van der Waals surface area contributed by atoms with E-state index in [2.05, 4.69) is 26.6 Å². The monoisotopic (exact) mass is 382 g/mol. The Hall–Kier alpha value is -2.48. The first kappa shape index (κ1) is 17.9. The summed E-state index contributed by atoms with van der Waals surface area (Å²) in [5, 5.41) is 16.2. The summed E-state index contributed by atoms with van der Waals surface area (Å²) in [6, 6.07) is 11.6. The Bertz CT molecular complexity index is 979. The normalized spacial score (nSPS) is 14.5. The van der Waals surface area contributed by atoms with E-state index in [1.165, 1.54) is 11.3 Å². The SMILES string of the molecule is Cc1cc(N2CCNCC2)ccc1C(=O)Nc1ccc2sc(CO)nc2c1. The van der Waals surface area contributed by atoms with Crippen molar-refractivity contribution in [1.29, 1.82) is 0 Å². The lowest BCUT2D eigenvalue weighted by Crippen LogP contribution is -2.43. The van der Waals surface area contributed by atoms with Gasteiger partial charge in [-0.05, 0) is 48.9 Å². The Morgan fingerprint density at radius 2 is 2.07 bits per heavy atom. The number of piperazine rings is 1. The molecule has 27 heavy (non-hydrogen) atoms. The summed E-state index contributed by atoms with van der Waals surface area (Å²) in [4.78, 5) is 19.4. The highest BCUT2D eigenvalue weighted by molar-refractivity contribution is 7.18. The molecular weight excluding hydrogens is 360 g/mol. The maximum absolute atomic E-state index is 12.7. The van der Waals surface area contributed by atoms with Crippen LogP contribution in [0.4, 0.5) is 11.4 Å². The number of rotatable bonds is 4. The van der Waals surface area contributed by atoms with Crippen LogP contribution in [-0.4, -0.2) is 42.2 Å². The molecule has 3 N–H and O–H groups in total. The highest BCUT2D eigenvalue weighted by atomic mass is 32.1. The minimum Gasteiger partial charge on any atom is -0.389 e. The van der Waals surface area contributed by atoms with Crippen molar-refractivity contribution in [2.75, 3.05) is 36.4 Å². The van der Waals surface area contributed by atoms with Crippen molar-refractivity contribution in [3.63, 3.8) is 0 Å². The third-order valence-corrected chi connectivity index (χ3v) is 5.78.